The van der Waals surface area contributed by atoms with Gasteiger partial charge in [0.1, 0.15) is 0 Å². The summed E-state index contributed by atoms with van der Waals surface area (Å²) in [5.74, 6) is 0. The Morgan fingerprint density at radius 2 is 2.12 bits per heavy atom. The van der Waals surface area contributed by atoms with Crippen LogP contribution in [0.15, 0.2) is 23.6 Å². The first kappa shape index (κ1) is 16.7. The minimum atomic E-state index is -4.54. The SMILES string of the molecule is CCNC(=O)Nc1nc2nc(-c3cccs3)cc(C(F)(F)F)c2s1. The summed E-state index contributed by atoms with van der Waals surface area (Å²) in [6, 6.07) is 3.92. The average molecular weight is 372 g/mol. The lowest BCUT2D eigenvalue weighted by Gasteiger charge is -2.08. The number of anilines is 1. The summed E-state index contributed by atoms with van der Waals surface area (Å²) in [6.07, 6.45) is -4.54. The van der Waals surface area contributed by atoms with E-state index in [0.29, 0.717) is 11.4 Å². The predicted octanol–water partition coefficient (Wildman–Crippen LogP) is 4.58. The number of amides is 2. The summed E-state index contributed by atoms with van der Waals surface area (Å²) in [5, 5.41) is 6.74. The number of fused-ring (bicyclic) bond motifs is 1. The van der Waals surface area contributed by atoms with E-state index in [4.69, 9.17) is 0 Å². The Hall–Kier alpha value is -2.20. The highest BCUT2D eigenvalue weighted by Gasteiger charge is 2.35. The zero-order valence-electron chi connectivity index (χ0n) is 12.3. The van der Waals surface area contributed by atoms with E-state index in [9.17, 15) is 18.0 Å². The Labute approximate surface area is 142 Å². The molecule has 0 saturated carbocycles. The van der Waals surface area contributed by atoms with Gasteiger partial charge in [-0.2, -0.15) is 18.2 Å². The molecule has 0 aromatic carbocycles. The molecule has 0 fully saturated rings. The molecular weight excluding hydrogens is 361 g/mol. The fourth-order valence-electron chi connectivity index (χ4n) is 2.03. The minimum absolute atomic E-state index is 0.0370. The molecule has 0 aliphatic carbocycles. The lowest BCUT2D eigenvalue weighted by atomic mass is 10.2. The maximum atomic E-state index is 13.4. The van der Waals surface area contributed by atoms with Crippen molar-refractivity contribution in [2.75, 3.05) is 11.9 Å². The second-order valence-corrected chi connectivity index (χ2v) is 6.63. The van der Waals surface area contributed by atoms with Crippen molar-refractivity contribution in [3.8, 4) is 10.6 Å². The van der Waals surface area contributed by atoms with E-state index in [-0.39, 0.29) is 21.2 Å². The molecule has 24 heavy (non-hydrogen) atoms. The van der Waals surface area contributed by atoms with Crippen molar-refractivity contribution in [3.63, 3.8) is 0 Å². The normalized spacial score (nSPS) is 11.7. The first-order chi connectivity index (χ1) is 11.4. The number of rotatable bonds is 3. The summed E-state index contributed by atoms with van der Waals surface area (Å²) in [7, 11) is 0. The molecule has 126 valence electrons. The molecule has 3 heterocycles. The van der Waals surface area contributed by atoms with Gasteiger partial charge in [-0.15, -0.1) is 11.3 Å². The van der Waals surface area contributed by atoms with Gasteiger partial charge in [-0.05, 0) is 24.4 Å². The topological polar surface area (TPSA) is 66.9 Å². The highest BCUT2D eigenvalue weighted by molar-refractivity contribution is 7.22. The van der Waals surface area contributed by atoms with Crippen LogP contribution < -0.4 is 10.6 Å². The lowest BCUT2D eigenvalue weighted by molar-refractivity contribution is -0.136. The zero-order valence-corrected chi connectivity index (χ0v) is 13.9. The van der Waals surface area contributed by atoms with Crippen molar-refractivity contribution in [3.05, 3.63) is 29.1 Å². The van der Waals surface area contributed by atoms with E-state index in [1.54, 1.807) is 24.4 Å². The Morgan fingerprint density at radius 3 is 2.75 bits per heavy atom. The van der Waals surface area contributed by atoms with E-state index in [2.05, 4.69) is 20.6 Å². The summed E-state index contributed by atoms with van der Waals surface area (Å²) in [6.45, 7) is 2.12. The summed E-state index contributed by atoms with van der Waals surface area (Å²) >= 11 is 2.04. The molecule has 2 N–H and O–H groups in total. The van der Waals surface area contributed by atoms with Crippen molar-refractivity contribution in [2.24, 2.45) is 0 Å². The molecule has 0 spiro atoms. The van der Waals surface area contributed by atoms with Crippen LogP contribution in [0.2, 0.25) is 0 Å². The Kier molecular flexibility index (Phi) is 4.41. The molecule has 5 nitrogen and oxygen atoms in total. The third-order valence-electron chi connectivity index (χ3n) is 3.00. The fourth-order valence-corrected chi connectivity index (χ4v) is 3.65. The molecule has 0 radical (unpaired) electrons. The van der Waals surface area contributed by atoms with Crippen molar-refractivity contribution in [1.29, 1.82) is 0 Å². The monoisotopic (exact) mass is 372 g/mol. The third-order valence-corrected chi connectivity index (χ3v) is 4.88. The van der Waals surface area contributed by atoms with Gasteiger partial charge >= 0.3 is 12.2 Å². The molecule has 0 aliphatic rings. The molecule has 3 rings (SSSR count). The van der Waals surface area contributed by atoms with Gasteiger partial charge in [0.2, 0.25) is 0 Å². The number of carbonyl (C=O) groups is 1. The van der Waals surface area contributed by atoms with Crippen LogP contribution in [0.5, 0.6) is 0 Å². The first-order valence-electron chi connectivity index (χ1n) is 6.86. The third kappa shape index (κ3) is 3.34. The van der Waals surface area contributed by atoms with Crippen molar-refractivity contribution >= 4 is 44.2 Å². The molecule has 3 aromatic rings. The average Bonchev–Trinajstić information content (AvgIpc) is 3.13. The summed E-state index contributed by atoms with van der Waals surface area (Å²) < 4.78 is 40.1. The summed E-state index contributed by atoms with van der Waals surface area (Å²) in [5.41, 5.74) is -0.637. The molecule has 0 saturated heterocycles. The van der Waals surface area contributed by atoms with Crippen LogP contribution in [0.3, 0.4) is 0 Å². The van der Waals surface area contributed by atoms with Crippen molar-refractivity contribution in [1.82, 2.24) is 15.3 Å². The van der Waals surface area contributed by atoms with Crippen molar-refractivity contribution < 1.29 is 18.0 Å². The standard InChI is InChI=1S/C14H11F3N4OS2/c1-2-18-12(22)21-13-20-11-10(24-13)7(14(15,16)17)6-8(19-11)9-4-3-5-23-9/h3-6H,2H2,1H3,(H2,18,19,20,21,22). The Bertz CT molecular complexity index is 874. The van der Waals surface area contributed by atoms with Crippen molar-refractivity contribution in [2.45, 2.75) is 13.1 Å². The lowest BCUT2D eigenvalue weighted by Crippen LogP contribution is -2.28. The van der Waals surface area contributed by atoms with Gasteiger partial charge in [0.25, 0.3) is 0 Å². The second kappa shape index (κ2) is 6.36. The van der Waals surface area contributed by atoms with Crippen LogP contribution in [0.1, 0.15) is 12.5 Å². The van der Waals surface area contributed by atoms with Gasteiger partial charge in [-0.3, -0.25) is 5.32 Å². The van der Waals surface area contributed by atoms with Gasteiger partial charge in [0.05, 0.1) is 20.8 Å². The van der Waals surface area contributed by atoms with Gasteiger partial charge < -0.3 is 5.32 Å². The molecular formula is C14H11F3N4OS2. The Morgan fingerprint density at radius 1 is 1.33 bits per heavy atom. The molecule has 10 heteroatoms. The van der Waals surface area contributed by atoms with Crippen LogP contribution in [0, 0.1) is 0 Å². The van der Waals surface area contributed by atoms with Crippen LogP contribution in [0.4, 0.5) is 23.1 Å². The number of urea groups is 1. The molecule has 0 aliphatic heterocycles. The largest absolute Gasteiger partial charge is 0.417 e. The number of thiophene rings is 1. The molecule has 2 amide bonds. The van der Waals surface area contributed by atoms with E-state index < -0.39 is 17.8 Å². The number of carbonyl (C=O) groups excluding carboxylic acids is 1. The number of nitrogens with zero attached hydrogens (tertiary/aromatic N) is 2. The highest BCUT2D eigenvalue weighted by Crippen LogP contribution is 2.40. The van der Waals surface area contributed by atoms with Crippen LogP contribution in [0.25, 0.3) is 20.9 Å². The highest BCUT2D eigenvalue weighted by atomic mass is 32.1. The van der Waals surface area contributed by atoms with E-state index in [1.807, 2.05) is 0 Å². The number of thiazole rings is 1. The van der Waals surface area contributed by atoms with E-state index >= 15 is 0 Å². The van der Waals surface area contributed by atoms with Crippen LogP contribution in [-0.4, -0.2) is 22.5 Å². The Balaban J connectivity index is 2.11. The van der Waals surface area contributed by atoms with Crippen LogP contribution >= 0.6 is 22.7 Å². The number of nitrogens with one attached hydrogen (secondary N) is 2. The number of pyridine rings is 1. The molecule has 0 bridgehead atoms. The molecule has 0 atom stereocenters. The molecule has 3 aromatic heterocycles. The number of hydrogen-bond donors (Lipinski definition) is 2. The maximum absolute atomic E-state index is 13.4. The van der Waals surface area contributed by atoms with Gasteiger partial charge in [-0.25, -0.2) is 9.78 Å². The quantitative estimate of drug-likeness (QED) is 0.707. The van der Waals surface area contributed by atoms with E-state index in [0.717, 1.165) is 17.4 Å². The zero-order chi connectivity index (χ0) is 17.3. The van der Waals surface area contributed by atoms with Gasteiger partial charge in [0, 0.05) is 6.54 Å². The molecule has 0 unspecified atom stereocenters. The second-order valence-electron chi connectivity index (χ2n) is 4.69. The van der Waals surface area contributed by atoms with Gasteiger partial charge in [-0.1, -0.05) is 17.4 Å². The predicted molar refractivity (Wildman–Crippen MR) is 88.4 cm³/mol. The van der Waals surface area contributed by atoms with E-state index in [1.165, 1.54) is 11.3 Å². The summed E-state index contributed by atoms with van der Waals surface area (Å²) in [4.78, 5) is 20.4. The first-order valence-corrected chi connectivity index (χ1v) is 8.55. The number of halogens is 3. The number of alkyl halides is 3. The number of hydrogen-bond acceptors (Lipinski definition) is 5. The van der Waals surface area contributed by atoms with Crippen LogP contribution in [-0.2, 0) is 6.18 Å². The maximum Gasteiger partial charge on any atom is 0.417 e. The van der Waals surface area contributed by atoms with Gasteiger partial charge in [0.15, 0.2) is 10.8 Å². The smallest absolute Gasteiger partial charge is 0.338 e. The fraction of sp³-hybridized carbons (Fsp3) is 0.214. The number of aromatic nitrogens is 2. The minimum Gasteiger partial charge on any atom is -0.338 e.